The molecule has 0 amide bonds. The summed E-state index contributed by atoms with van der Waals surface area (Å²) in [6, 6.07) is 6.23. The Hall–Kier alpha value is -1.46. The standard InChI is InChI=1S/C13H16N4S/c1-9-6-7-15-13(17-9)18-11-4-5-12(16-8-11)10(2)14-3/h4-8,10,14H,1-3H3. The smallest absolute Gasteiger partial charge is 0.192 e. The molecule has 0 fully saturated rings. The topological polar surface area (TPSA) is 50.7 Å². The molecule has 0 aromatic carbocycles. The Morgan fingerprint density at radius 1 is 1.22 bits per heavy atom. The highest BCUT2D eigenvalue weighted by molar-refractivity contribution is 7.99. The Morgan fingerprint density at radius 3 is 2.67 bits per heavy atom. The van der Waals surface area contributed by atoms with Gasteiger partial charge in [0.15, 0.2) is 5.16 Å². The Labute approximate surface area is 111 Å². The van der Waals surface area contributed by atoms with Crippen LogP contribution in [0.1, 0.15) is 24.4 Å². The SMILES string of the molecule is CNC(C)c1ccc(Sc2nccc(C)n2)cn1. The van der Waals surface area contributed by atoms with Crippen molar-refractivity contribution in [2.45, 2.75) is 29.9 Å². The first-order valence-electron chi connectivity index (χ1n) is 5.80. The van der Waals surface area contributed by atoms with E-state index in [1.807, 2.05) is 38.4 Å². The van der Waals surface area contributed by atoms with Gasteiger partial charge in [-0.1, -0.05) is 0 Å². The third kappa shape index (κ3) is 3.27. The Morgan fingerprint density at radius 2 is 2.06 bits per heavy atom. The van der Waals surface area contributed by atoms with Crippen LogP contribution < -0.4 is 5.32 Å². The number of pyridine rings is 1. The molecular weight excluding hydrogens is 244 g/mol. The highest BCUT2D eigenvalue weighted by atomic mass is 32.2. The monoisotopic (exact) mass is 260 g/mol. The van der Waals surface area contributed by atoms with E-state index in [0.29, 0.717) is 0 Å². The molecule has 2 aromatic heterocycles. The highest BCUT2D eigenvalue weighted by Crippen LogP contribution is 2.24. The minimum atomic E-state index is 0.263. The third-order valence-electron chi connectivity index (χ3n) is 2.62. The van der Waals surface area contributed by atoms with E-state index >= 15 is 0 Å². The summed E-state index contributed by atoms with van der Waals surface area (Å²) in [7, 11) is 1.93. The Balaban J connectivity index is 2.11. The lowest BCUT2D eigenvalue weighted by atomic mass is 10.2. The average molecular weight is 260 g/mol. The second-order valence-electron chi connectivity index (χ2n) is 4.01. The summed E-state index contributed by atoms with van der Waals surface area (Å²) in [6.07, 6.45) is 3.63. The molecule has 0 aliphatic carbocycles. The van der Waals surface area contributed by atoms with E-state index in [1.54, 1.807) is 6.20 Å². The zero-order valence-electron chi connectivity index (χ0n) is 10.7. The summed E-state index contributed by atoms with van der Waals surface area (Å²) in [4.78, 5) is 14.1. The first-order valence-corrected chi connectivity index (χ1v) is 6.61. The second kappa shape index (κ2) is 5.93. The molecule has 2 heterocycles. The van der Waals surface area contributed by atoms with E-state index in [9.17, 15) is 0 Å². The van der Waals surface area contributed by atoms with Gasteiger partial charge in [0.1, 0.15) is 0 Å². The molecule has 0 saturated heterocycles. The quantitative estimate of drug-likeness (QED) is 0.856. The van der Waals surface area contributed by atoms with Gasteiger partial charge in [0.2, 0.25) is 0 Å². The van der Waals surface area contributed by atoms with Gasteiger partial charge in [-0.05, 0) is 50.9 Å². The number of aryl methyl sites for hydroxylation is 1. The molecule has 1 N–H and O–H groups in total. The molecule has 0 aliphatic rings. The molecule has 5 heteroatoms. The van der Waals surface area contributed by atoms with Crippen LogP contribution in [0.2, 0.25) is 0 Å². The average Bonchev–Trinajstić information content (AvgIpc) is 2.39. The molecule has 94 valence electrons. The zero-order chi connectivity index (χ0) is 13.0. The van der Waals surface area contributed by atoms with Crippen molar-refractivity contribution in [2.24, 2.45) is 0 Å². The van der Waals surface area contributed by atoms with Gasteiger partial charge in [0.05, 0.1) is 5.69 Å². The molecule has 2 rings (SSSR count). The van der Waals surface area contributed by atoms with Crippen LogP contribution in [0.3, 0.4) is 0 Å². The van der Waals surface area contributed by atoms with Gasteiger partial charge in [0, 0.05) is 29.0 Å². The van der Waals surface area contributed by atoms with Gasteiger partial charge in [-0.25, -0.2) is 9.97 Å². The fraction of sp³-hybridized carbons (Fsp3) is 0.308. The molecule has 0 radical (unpaired) electrons. The second-order valence-corrected chi connectivity index (χ2v) is 5.05. The summed E-state index contributed by atoms with van der Waals surface area (Å²) in [5, 5.41) is 3.92. The number of hydrogen-bond acceptors (Lipinski definition) is 5. The fourth-order valence-corrected chi connectivity index (χ4v) is 2.19. The van der Waals surface area contributed by atoms with Crippen molar-refractivity contribution in [3.63, 3.8) is 0 Å². The van der Waals surface area contributed by atoms with Crippen LogP contribution in [-0.2, 0) is 0 Å². The summed E-state index contributed by atoms with van der Waals surface area (Å²) >= 11 is 1.52. The predicted molar refractivity (Wildman–Crippen MR) is 72.6 cm³/mol. The summed E-state index contributed by atoms with van der Waals surface area (Å²) in [5.41, 5.74) is 2.01. The molecule has 18 heavy (non-hydrogen) atoms. The van der Waals surface area contributed by atoms with Gasteiger partial charge in [0.25, 0.3) is 0 Å². The van der Waals surface area contributed by atoms with Gasteiger partial charge >= 0.3 is 0 Å². The normalized spacial score (nSPS) is 12.4. The lowest BCUT2D eigenvalue weighted by Gasteiger charge is -2.09. The molecular formula is C13H16N4S. The van der Waals surface area contributed by atoms with Crippen LogP contribution >= 0.6 is 11.8 Å². The molecule has 4 nitrogen and oxygen atoms in total. The molecule has 0 spiro atoms. The van der Waals surface area contributed by atoms with Crippen molar-refractivity contribution in [1.82, 2.24) is 20.3 Å². The molecule has 1 atom stereocenters. The fourth-order valence-electron chi connectivity index (χ4n) is 1.44. The number of nitrogens with zero attached hydrogens (tertiary/aromatic N) is 3. The largest absolute Gasteiger partial charge is 0.312 e. The van der Waals surface area contributed by atoms with Gasteiger partial charge in [-0.3, -0.25) is 4.98 Å². The lowest BCUT2D eigenvalue weighted by molar-refractivity contribution is 0.631. The van der Waals surface area contributed by atoms with Crippen molar-refractivity contribution in [3.8, 4) is 0 Å². The van der Waals surface area contributed by atoms with E-state index in [4.69, 9.17) is 0 Å². The number of nitrogens with one attached hydrogen (secondary N) is 1. The highest BCUT2D eigenvalue weighted by Gasteiger charge is 2.05. The minimum Gasteiger partial charge on any atom is -0.312 e. The van der Waals surface area contributed by atoms with Crippen molar-refractivity contribution in [2.75, 3.05) is 7.05 Å². The van der Waals surface area contributed by atoms with Gasteiger partial charge < -0.3 is 5.32 Å². The van der Waals surface area contributed by atoms with Crippen molar-refractivity contribution >= 4 is 11.8 Å². The molecule has 1 unspecified atom stereocenters. The van der Waals surface area contributed by atoms with Crippen molar-refractivity contribution < 1.29 is 0 Å². The van der Waals surface area contributed by atoms with E-state index in [-0.39, 0.29) is 6.04 Å². The maximum absolute atomic E-state index is 4.43. The maximum Gasteiger partial charge on any atom is 0.192 e. The summed E-state index contributed by atoms with van der Waals surface area (Å²) in [5.74, 6) is 0. The van der Waals surface area contributed by atoms with E-state index < -0.39 is 0 Å². The molecule has 2 aromatic rings. The molecule has 0 saturated carbocycles. The predicted octanol–water partition coefficient (Wildman–Crippen LogP) is 2.61. The van der Waals surface area contributed by atoms with E-state index in [0.717, 1.165) is 21.4 Å². The van der Waals surface area contributed by atoms with Crippen LogP contribution in [0.5, 0.6) is 0 Å². The van der Waals surface area contributed by atoms with Crippen LogP contribution in [-0.4, -0.2) is 22.0 Å². The van der Waals surface area contributed by atoms with Crippen molar-refractivity contribution in [3.05, 3.63) is 42.0 Å². The van der Waals surface area contributed by atoms with E-state index in [2.05, 4.69) is 27.2 Å². The van der Waals surface area contributed by atoms with Gasteiger partial charge in [-0.15, -0.1) is 0 Å². The number of hydrogen-bond donors (Lipinski definition) is 1. The van der Waals surface area contributed by atoms with Crippen LogP contribution in [0.4, 0.5) is 0 Å². The van der Waals surface area contributed by atoms with Gasteiger partial charge in [-0.2, -0.15) is 0 Å². The third-order valence-corrected chi connectivity index (χ3v) is 3.47. The first kappa shape index (κ1) is 13.0. The summed E-state index contributed by atoms with van der Waals surface area (Å²) < 4.78 is 0. The first-order chi connectivity index (χ1) is 8.69. The maximum atomic E-state index is 4.43. The van der Waals surface area contributed by atoms with Crippen molar-refractivity contribution in [1.29, 1.82) is 0 Å². The Bertz CT molecular complexity index is 513. The number of aromatic nitrogens is 3. The number of rotatable bonds is 4. The van der Waals surface area contributed by atoms with Crippen LogP contribution in [0.25, 0.3) is 0 Å². The zero-order valence-corrected chi connectivity index (χ0v) is 11.5. The van der Waals surface area contributed by atoms with Crippen LogP contribution in [0, 0.1) is 6.92 Å². The molecule has 0 aliphatic heterocycles. The minimum absolute atomic E-state index is 0.263. The summed E-state index contributed by atoms with van der Waals surface area (Å²) in [6.45, 7) is 4.04. The Kier molecular flexibility index (Phi) is 4.28. The lowest BCUT2D eigenvalue weighted by Crippen LogP contribution is -2.13. The molecule has 0 bridgehead atoms. The van der Waals surface area contributed by atoms with Crippen LogP contribution in [0.15, 0.2) is 40.6 Å². The van der Waals surface area contributed by atoms with E-state index in [1.165, 1.54) is 11.8 Å².